The van der Waals surface area contributed by atoms with Crippen LogP contribution in [0, 0.1) is 0 Å². The zero-order valence-electron chi connectivity index (χ0n) is 9.01. The maximum absolute atomic E-state index is 8.51. The minimum atomic E-state index is -1.17. The van der Waals surface area contributed by atoms with E-state index in [1.165, 1.54) is 51.4 Å². The van der Waals surface area contributed by atoms with Gasteiger partial charge in [-0.3, -0.25) is 0 Å². The number of rotatable bonds is 7. The van der Waals surface area contributed by atoms with Gasteiger partial charge in [0.25, 0.3) is 0 Å². The maximum atomic E-state index is 8.51. The Morgan fingerprint density at radius 1 is 0.846 bits per heavy atom. The molecule has 0 bridgehead atoms. The third-order valence-corrected chi connectivity index (χ3v) is 1.96. The first kappa shape index (κ1) is 15.5. The zero-order valence-corrected chi connectivity index (χ0v) is 10.0. The summed E-state index contributed by atoms with van der Waals surface area (Å²) in [5, 5.41) is 0. The normalized spacial score (nSPS) is 9.46. The van der Waals surface area contributed by atoms with Gasteiger partial charge in [0.15, 0.2) is 0 Å². The highest BCUT2D eigenvalue weighted by Crippen LogP contribution is 2.07. The lowest BCUT2D eigenvalue weighted by atomic mass is 10.1. The van der Waals surface area contributed by atoms with Crippen molar-refractivity contribution in [3.8, 4) is 0 Å². The number of unbranched alkanes of at least 4 members (excludes halogenated alkanes) is 7. The Kier molecular flexibility index (Phi) is 21.5. The zero-order chi connectivity index (χ0) is 10.4. The van der Waals surface area contributed by atoms with Gasteiger partial charge in [-0.25, -0.2) is 0 Å². The summed E-state index contributed by atoms with van der Waals surface area (Å²) >= 11 is 0. The molecular weight excluding hydrogens is 183 g/mol. The summed E-state index contributed by atoms with van der Waals surface area (Å²) in [7, 11) is -1.17. The lowest BCUT2D eigenvalue weighted by Gasteiger charge is -1.97. The van der Waals surface area contributed by atoms with Gasteiger partial charge in [-0.1, -0.05) is 65.2 Å². The predicted molar refractivity (Wildman–Crippen MR) is 59.5 cm³/mol. The third-order valence-electron chi connectivity index (χ3n) is 1.96. The van der Waals surface area contributed by atoms with Crippen LogP contribution < -0.4 is 0 Å². The molecule has 3 heteroatoms. The van der Waals surface area contributed by atoms with Crippen LogP contribution in [0.25, 0.3) is 0 Å². The second kappa shape index (κ2) is 18.0. The summed E-state index contributed by atoms with van der Waals surface area (Å²) in [6.07, 6.45) is 11.5. The lowest BCUT2D eigenvalue weighted by Crippen LogP contribution is -1.77. The Balaban J connectivity index is 0. The molecule has 1 unspecified atom stereocenters. The van der Waals surface area contributed by atoms with Gasteiger partial charge >= 0.3 is 8.69 Å². The smallest absolute Gasteiger partial charge is 0.162 e. The van der Waals surface area contributed by atoms with E-state index in [1.807, 2.05) is 0 Å². The van der Waals surface area contributed by atoms with E-state index in [9.17, 15) is 0 Å². The van der Waals surface area contributed by atoms with Crippen LogP contribution in [0.4, 0.5) is 0 Å². The highest BCUT2D eigenvalue weighted by molar-refractivity contribution is 7.16. The highest BCUT2D eigenvalue weighted by atomic mass is 31.1. The molecule has 0 radical (unpaired) electrons. The molecule has 2 nitrogen and oxygen atoms in total. The molecule has 0 saturated heterocycles. The van der Waals surface area contributed by atoms with Gasteiger partial charge in [0.05, 0.1) is 0 Å². The van der Waals surface area contributed by atoms with E-state index < -0.39 is 8.69 Å². The van der Waals surface area contributed by atoms with Crippen LogP contribution in [0.1, 0.15) is 65.2 Å². The fourth-order valence-electron chi connectivity index (χ4n) is 1.21. The van der Waals surface area contributed by atoms with Gasteiger partial charge in [-0.2, -0.15) is 4.89 Å². The van der Waals surface area contributed by atoms with E-state index in [4.69, 9.17) is 9.46 Å². The highest BCUT2D eigenvalue weighted by Gasteiger charge is 1.87. The first-order valence-electron chi connectivity index (χ1n) is 5.34. The molecule has 0 aliphatic rings. The molecule has 13 heavy (non-hydrogen) atoms. The fraction of sp³-hybridized carbons (Fsp3) is 1.00. The van der Waals surface area contributed by atoms with Crippen molar-refractivity contribution in [1.82, 2.24) is 0 Å². The van der Waals surface area contributed by atoms with Crippen molar-refractivity contribution in [2.24, 2.45) is 0 Å². The second-order valence-corrected chi connectivity index (χ2v) is 3.40. The molecule has 0 amide bonds. The van der Waals surface area contributed by atoms with Crippen LogP contribution in [-0.4, -0.2) is 4.89 Å². The molecule has 0 aliphatic carbocycles. The topological polar surface area (TPSA) is 37.3 Å². The number of hydrogen-bond donors (Lipinski definition) is 1. The van der Waals surface area contributed by atoms with Crippen LogP contribution in [0.5, 0.6) is 0 Å². The summed E-state index contributed by atoms with van der Waals surface area (Å²) < 4.78 is 8.51. The molecule has 0 aromatic rings. The Bertz CT molecular complexity index is 79.0. The van der Waals surface area contributed by atoms with E-state index in [-0.39, 0.29) is 0 Å². The molecule has 0 aliphatic heterocycles. The van der Waals surface area contributed by atoms with E-state index in [1.54, 1.807) is 0 Å². The van der Waals surface area contributed by atoms with Crippen LogP contribution in [0.3, 0.4) is 0 Å². The first-order valence-corrected chi connectivity index (χ1v) is 6.20. The van der Waals surface area contributed by atoms with E-state index in [0.29, 0.717) is 0 Å². The van der Waals surface area contributed by atoms with Gasteiger partial charge in [-0.15, -0.1) is 0 Å². The fourth-order valence-corrected chi connectivity index (χ4v) is 1.21. The summed E-state index contributed by atoms with van der Waals surface area (Å²) in [5.74, 6) is 0. The third kappa shape index (κ3) is 24.5. The van der Waals surface area contributed by atoms with E-state index >= 15 is 0 Å². The second-order valence-electron chi connectivity index (χ2n) is 3.21. The average molecular weight is 207 g/mol. The van der Waals surface area contributed by atoms with Crippen LogP contribution >= 0.6 is 8.69 Å². The van der Waals surface area contributed by atoms with Crippen LogP contribution in [0.15, 0.2) is 0 Å². The molecule has 80 valence electrons. The first-order chi connectivity index (χ1) is 6.33. The monoisotopic (exact) mass is 207 g/mol. The lowest BCUT2D eigenvalue weighted by molar-refractivity contribution is 0.524. The van der Waals surface area contributed by atoms with E-state index in [2.05, 4.69) is 13.8 Å². The van der Waals surface area contributed by atoms with Crippen molar-refractivity contribution in [1.29, 1.82) is 0 Å². The minimum absolute atomic E-state index is 1.17. The quantitative estimate of drug-likeness (QED) is 0.504. The summed E-state index contributed by atoms with van der Waals surface area (Å²) in [5.41, 5.74) is 0. The summed E-state index contributed by atoms with van der Waals surface area (Å²) in [4.78, 5) is 7.04. The molecular formula is C10H24O2P+. The van der Waals surface area contributed by atoms with Crippen molar-refractivity contribution in [3.63, 3.8) is 0 Å². The Labute approximate surface area is 84.0 Å². The molecule has 0 aromatic heterocycles. The van der Waals surface area contributed by atoms with Crippen molar-refractivity contribution >= 4 is 8.69 Å². The average Bonchev–Trinajstić information content (AvgIpc) is 2.13. The van der Waals surface area contributed by atoms with Crippen molar-refractivity contribution in [2.45, 2.75) is 65.2 Å². The predicted octanol–water partition coefficient (Wildman–Crippen LogP) is 4.06. The van der Waals surface area contributed by atoms with E-state index in [0.717, 1.165) is 0 Å². The molecule has 0 rings (SSSR count). The molecule has 0 aromatic carbocycles. The Morgan fingerprint density at radius 2 is 1.08 bits per heavy atom. The molecule has 0 spiro atoms. The van der Waals surface area contributed by atoms with Gasteiger partial charge in [0.1, 0.15) is 0 Å². The molecule has 0 saturated carbocycles. The maximum Gasteiger partial charge on any atom is 0.491 e. The number of hydrogen-bond acceptors (Lipinski definition) is 1. The van der Waals surface area contributed by atoms with Gasteiger partial charge in [0.2, 0.25) is 0 Å². The molecule has 0 heterocycles. The van der Waals surface area contributed by atoms with Gasteiger partial charge in [-0.05, 0) is 4.57 Å². The molecule has 1 atom stereocenters. The standard InChI is InChI=1S/C10H22.HO2P/c1-3-5-7-9-10-8-6-4-2;1-3-2/h3-10H2,1-2H3;3H/p+1. The van der Waals surface area contributed by atoms with Gasteiger partial charge in [0, 0.05) is 0 Å². The Hall–Kier alpha value is 0.0600. The SMILES string of the molecule is CCCCCCCCCC.O=[PH+]O. The van der Waals surface area contributed by atoms with Crippen LogP contribution in [-0.2, 0) is 4.57 Å². The molecule has 1 N–H and O–H groups in total. The van der Waals surface area contributed by atoms with Gasteiger partial charge < -0.3 is 0 Å². The van der Waals surface area contributed by atoms with Crippen molar-refractivity contribution in [2.75, 3.05) is 0 Å². The summed E-state index contributed by atoms with van der Waals surface area (Å²) in [6.45, 7) is 4.54. The van der Waals surface area contributed by atoms with Crippen LogP contribution in [0.2, 0.25) is 0 Å². The Morgan fingerprint density at radius 3 is 1.31 bits per heavy atom. The largest absolute Gasteiger partial charge is 0.491 e. The molecule has 0 fully saturated rings. The van der Waals surface area contributed by atoms with Crippen molar-refractivity contribution < 1.29 is 9.46 Å². The summed E-state index contributed by atoms with van der Waals surface area (Å²) in [6, 6.07) is 0. The van der Waals surface area contributed by atoms with Crippen molar-refractivity contribution in [3.05, 3.63) is 0 Å². The minimum Gasteiger partial charge on any atom is -0.162 e.